The lowest BCUT2D eigenvalue weighted by Crippen LogP contribution is -2.15. The third-order valence-electron chi connectivity index (χ3n) is 1.88. The van der Waals surface area contributed by atoms with Crippen LogP contribution in [0.4, 0.5) is 0 Å². The second-order valence-electron chi connectivity index (χ2n) is 2.79. The summed E-state index contributed by atoms with van der Waals surface area (Å²) in [6.45, 7) is 0. The maximum Gasteiger partial charge on any atom is 0.101 e. The largest absolute Gasteiger partial charge is 0.388 e. The topological polar surface area (TPSA) is 24.1 Å². The number of likely N-dealkylation sites (N-methyl/N-ethyl adjacent to an activating group) is 1. The second kappa shape index (κ2) is 5.40. The Morgan fingerprint density at radius 1 is 1.14 bits per heavy atom. The van der Waals surface area contributed by atoms with Gasteiger partial charge in [-0.25, -0.2) is 0 Å². The highest BCUT2D eigenvalue weighted by Crippen LogP contribution is 2.09. The van der Waals surface area contributed by atoms with Gasteiger partial charge >= 0.3 is 0 Å². The van der Waals surface area contributed by atoms with Gasteiger partial charge in [0.05, 0.1) is 0 Å². The van der Waals surface area contributed by atoms with Crippen LogP contribution in [0.1, 0.15) is 5.56 Å². The molecular formula is C11H14N2S. The first-order valence-corrected chi connectivity index (χ1v) is 4.85. The maximum absolute atomic E-state index is 5.07. The first-order valence-electron chi connectivity index (χ1n) is 4.44. The summed E-state index contributed by atoms with van der Waals surface area (Å²) >= 11 is 5.07. The van der Waals surface area contributed by atoms with Crippen molar-refractivity contribution in [2.24, 2.45) is 0 Å². The zero-order valence-electron chi connectivity index (χ0n) is 8.37. The molecule has 0 spiro atoms. The molecule has 0 unspecified atom stereocenters. The van der Waals surface area contributed by atoms with Crippen LogP contribution in [0.25, 0.3) is 5.70 Å². The first kappa shape index (κ1) is 10.7. The molecule has 0 radical (unpaired) electrons. The summed E-state index contributed by atoms with van der Waals surface area (Å²) in [5, 5.41) is 6.03. The highest BCUT2D eigenvalue weighted by Gasteiger charge is 1.98. The van der Waals surface area contributed by atoms with Gasteiger partial charge in [0.2, 0.25) is 0 Å². The Kier molecular flexibility index (Phi) is 4.13. The van der Waals surface area contributed by atoms with E-state index in [1.807, 2.05) is 50.5 Å². The lowest BCUT2D eigenvalue weighted by atomic mass is 10.1. The minimum absolute atomic E-state index is 0.721. The molecule has 0 atom stereocenters. The van der Waals surface area contributed by atoms with Gasteiger partial charge in [-0.05, 0) is 11.6 Å². The third kappa shape index (κ3) is 2.85. The van der Waals surface area contributed by atoms with Gasteiger partial charge in [0.25, 0.3) is 0 Å². The van der Waals surface area contributed by atoms with Crippen LogP contribution in [0.15, 0.2) is 36.4 Å². The highest BCUT2D eigenvalue weighted by atomic mass is 32.1. The van der Waals surface area contributed by atoms with E-state index in [1.165, 1.54) is 0 Å². The number of hydrogen-bond donors (Lipinski definition) is 2. The zero-order valence-corrected chi connectivity index (χ0v) is 9.19. The van der Waals surface area contributed by atoms with Crippen LogP contribution in [0.5, 0.6) is 0 Å². The standard InChI is InChI=1S/C11H14N2S/c1-12-10(8-11(14)13-2)9-6-4-3-5-7-9/h3-8,12H,1-2H3,(H,13,14). The Hall–Kier alpha value is -1.35. The molecule has 0 bridgehead atoms. The Labute approximate surface area is 90.0 Å². The molecule has 0 aromatic heterocycles. The summed E-state index contributed by atoms with van der Waals surface area (Å²) < 4.78 is 0. The maximum atomic E-state index is 5.07. The van der Waals surface area contributed by atoms with Crippen LogP contribution < -0.4 is 10.6 Å². The van der Waals surface area contributed by atoms with Gasteiger partial charge in [0.1, 0.15) is 4.99 Å². The second-order valence-corrected chi connectivity index (χ2v) is 3.23. The van der Waals surface area contributed by atoms with Gasteiger partial charge in [0, 0.05) is 19.8 Å². The van der Waals surface area contributed by atoms with Crippen molar-refractivity contribution in [1.82, 2.24) is 10.6 Å². The summed E-state index contributed by atoms with van der Waals surface area (Å²) in [7, 11) is 3.70. The third-order valence-corrected chi connectivity index (χ3v) is 2.20. The summed E-state index contributed by atoms with van der Waals surface area (Å²) in [4.78, 5) is 0.721. The van der Waals surface area contributed by atoms with Crippen molar-refractivity contribution >= 4 is 22.9 Å². The van der Waals surface area contributed by atoms with Gasteiger partial charge in [0.15, 0.2) is 0 Å². The molecule has 0 saturated carbocycles. The van der Waals surface area contributed by atoms with Crippen molar-refractivity contribution in [1.29, 1.82) is 0 Å². The van der Waals surface area contributed by atoms with E-state index in [0.29, 0.717) is 0 Å². The Balaban J connectivity index is 2.93. The number of thiocarbonyl (C=S) groups is 1. The molecule has 2 nitrogen and oxygen atoms in total. The van der Waals surface area contributed by atoms with E-state index >= 15 is 0 Å². The molecule has 0 fully saturated rings. The van der Waals surface area contributed by atoms with E-state index in [9.17, 15) is 0 Å². The van der Waals surface area contributed by atoms with Crippen molar-refractivity contribution in [2.75, 3.05) is 14.1 Å². The molecule has 74 valence electrons. The van der Waals surface area contributed by atoms with E-state index in [1.54, 1.807) is 0 Å². The lowest BCUT2D eigenvalue weighted by molar-refractivity contribution is 1.12. The average Bonchev–Trinajstić information content (AvgIpc) is 2.26. The normalized spacial score (nSPS) is 10.9. The summed E-state index contributed by atoms with van der Waals surface area (Å²) in [5.74, 6) is 0. The number of hydrogen-bond acceptors (Lipinski definition) is 2. The van der Waals surface area contributed by atoms with Gasteiger partial charge in [-0.15, -0.1) is 0 Å². The predicted molar refractivity (Wildman–Crippen MR) is 65.1 cm³/mol. The fourth-order valence-electron chi connectivity index (χ4n) is 1.12. The summed E-state index contributed by atoms with van der Waals surface area (Å²) in [5.41, 5.74) is 2.15. The molecule has 14 heavy (non-hydrogen) atoms. The van der Waals surface area contributed by atoms with Crippen molar-refractivity contribution in [3.63, 3.8) is 0 Å². The minimum atomic E-state index is 0.721. The molecule has 0 aliphatic heterocycles. The minimum Gasteiger partial charge on any atom is -0.388 e. The molecule has 0 aliphatic rings. The van der Waals surface area contributed by atoms with Gasteiger partial charge < -0.3 is 10.6 Å². The monoisotopic (exact) mass is 206 g/mol. The molecule has 2 N–H and O–H groups in total. The van der Waals surface area contributed by atoms with Crippen molar-refractivity contribution in [3.8, 4) is 0 Å². The summed E-state index contributed by atoms with van der Waals surface area (Å²) in [6, 6.07) is 10.1. The molecule has 0 heterocycles. The van der Waals surface area contributed by atoms with E-state index < -0.39 is 0 Å². The Morgan fingerprint density at radius 2 is 1.79 bits per heavy atom. The van der Waals surface area contributed by atoms with Gasteiger partial charge in [-0.3, -0.25) is 0 Å². The van der Waals surface area contributed by atoms with E-state index in [-0.39, 0.29) is 0 Å². The molecule has 1 aromatic carbocycles. The van der Waals surface area contributed by atoms with Crippen LogP contribution in [0, 0.1) is 0 Å². The summed E-state index contributed by atoms with van der Waals surface area (Å²) in [6.07, 6.45) is 1.91. The van der Waals surface area contributed by atoms with Crippen molar-refractivity contribution in [3.05, 3.63) is 42.0 Å². The van der Waals surface area contributed by atoms with Crippen LogP contribution >= 0.6 is 12.2 Å². The number of nitrogens with one attached hydrogen (secondary N) is 2. The van der Waals surface area contributed by atoms with Gasteiger partial charge in [-0.2, -0.15) is 0 Å². The van der Waals surface area contributed by atoms with Crippen LogP contribution in [0.3, 0.4) is 0 Å². The Morgan fingerprint density at radius 3 is 2.29 bits per heavy atom. The zero-order chi connectivity index (χ0) is 10.4. The number of benzene rings is 1. The molecule has 0 aliphatic carbocycles. The molecule has 1 rings (SSSR count). The predicted octanol–water partition coefficient (Wildman–Crippen LogP) is 1.79. The molecule has 0 amide bonds. The average molecular weight is 206 g/mol. The van der Waals surface area contributed by atoms with Crippen LogP contribution in [-0.4, -0.2) is 19.1 Å². The number of rotatable bonds is 3. The fourth-order valence-corrected chi connectivity index (χ4v) is 1.24. The molecular weight excluding hydrogens is 192 g/mol. The van der Waals surface area contributed by atoms with E-state index in [2.05, 4.69) is 10.6 Å². The molecule has 0 saturated heterocycles. The molecule has 3 heteroatoms. The van der Waals surface area contributed by atoms with Crippen LogP contribution in [0.2, 0.25) is 0 Å². The quantitative estimate of drug-likeness (QED) is 0.582. The fraction of sp³-hybridized carbons (Fsp3) is 0.182. The first-order chi connectivity index (χ1) is 6.77. The SMILES string of the molecule is CNC(=S)C=C(NC)c1ccccc1. The van der Waals surface area contributed by atoms with Gasteiger partial charge in [-0.1, -0.05) is 42.5 Å². The van der Waals surface area contributed by atoms with E-state index in [0.717, 1.165) is 16.2 Å². The Bertz CT molecular complexity index is 330. The van der Waals surface area contributed by atoms with Crippen molar-refractivity contribution < 1.29 is 0 Å². The van der Waals surface area contributed by atoms with Crippen LogP contribution in [-0.2, 0) is 0 Å². The van der Waals surface area contributed by atoms with Crippen molar-refractivity contribution in [2.45, 2.75) is 0 Å². The highest BCUT2D eigenvalue weighted by molar-refractivity contribution is 7.80. The van der Waals surface area contributed by atoms with E-state index in [4.69, 9.17) is 12.2 Å². The smallest absolute Gasteiger partial charge is 0.101 e. The lowest BCUT2D eigenvalue weighted by Gasteiger charge is -2.07. The molecule has 1 aromatic rings.